The Morgan fingerprint density at radius 1 is 1.47 bits per heavy atom. The summed E-state index contributed by atoms with van der Waals surface area (Å²) in [7, 11) is -1.05. The lowest BCUT2D eigenvalue weighted by atomic mass is 10.2. The van der Waals surface area contributed by atoms with Crippen molar-refractivity contribution in [3.63, 3.8) is 0 Å². The molecule has 94 valence electrons. The molecule has 2 atom stereocenters. The zero-order valence-corrected chi connectivity index (χ0v) is 10.8. The number of hydrogen-bond acceptors (Lipinski definition) is 3. The van der Waals surface area contributed by atoms with Crippen molar-refractivity contribution in [1.82, 2.24) is 4.90 Å². The molecule has 0 saturated carbocycles. The maximum atomic E-state index is 11.5. The van der Waals surface area contributed by atoms with Gasteiger partial charge in [-0.15, -0.1) is 0 Å². The minimum atomic E-state index is -2.37. The summed E-state index contributed by atoms with van der Waals surface area (Å²) in [4.78, 5) is 12.2. The van der Waals surface area contributed by atoms with Crippen LogP contribution in [0.5, 0.6) is 0 Å². The molecular formula is C11H16NO4P. The lowest BCUT2D eigenvalue weighted by Crippen LogP contribution is -2.35. The lowest BCUT2D eigenvalue weighted by Gasteiger charge is -2.25. The summed E-state index contributed by atoms with van der Waals surface area (Å²) < 4.78 is 16.2. The summed E-state index contributed by atoms with van der Waals surface area (Å²) in [6.07, 6.45) is -1.10. The molecule has 6 heteroatoms. The van der Waals surface area contributed by atoms with Gasteiger partial charge in [0.05, 0.1) is 0 Å². The van der Waals surface area contributed by atoms with Crippen molar-refractivity contribution >= 4 is 14.1 Å². The van der Waals surface area contributed by atoms with Gasteiger partial charge in [0.15, 0.2) is 0 Å². The Morgan fingerprint density at radius 2 is 2.06 bits per heavy atom. The standard InChI is InChI=1S/C11H16NO4P/c1-9(17(15)16-2)12(11(13)14)8-10-6-4-3-5-7-10/h3-7,9,17H,8H2,1-2H3,(H,13,14)/t9-/m1/s1. The van der Waals surface area contributed by atoms with Gasteiger partial charge in [0.2, 0.25) is 8.03 Å². The summed E-state index contributed by atoms with van der Waals surface area (Å²) in [5.41, 5.74) is 0.854. The fourth-order valence-electron chi connectivity index (χ4n) is 1.45. The van der Waals surface area contributed by atoms with Crippen LogP contribution in [0.1, 0.15) is 12.5 Å². The Morgan fingerprint density at radius 3 is 2.53 bits per heavy atom. The molecule has 0 fully saturated rings. The summed E-state index contributed by atoms with van der Waals surface area (Å²) in [5, 5.41) is 9.10. The van der Waals surface area contributed by atoms with E-state index in [1.807, 2.05) is 30.3 Å². The van der Waals surface area contributed by atoms with Crippen LogP contribution in [0.2, 0.25) is 0 Å². The lowest BCUT2D eigenvalue weighted by molar-refractivity contribution is 0.136. The first-order chi connectivity index (χ1) is 8.06. The van der Waals surface area contributed by atoms with Crippen LogP contribution in [0.3, 0.4) is 0 Å². The Kier molecular flexibility index (Phi) is 5.19. The van der Waals surface area contributed by atoms with Gasteiger partial charge in [-0.05, 0) is 12.5 Å². The number of amides is 1. The van der Waals surface area contributed by atoms with Crippen molar-refractivity contribution in [2.24, 2.45) is 0 Å². The van der Waals surface area contributed by atoms with E-state index < -0.39 is 19.9 Å². The molecule has 1 rings (SSSR count). The molecule has 1 N–H and O–H groups in total. The third kappa shape index (κ3) is 3.88. The van der Waals surface area contributed by atoms with Gasteiger partial charge in [-0.3, -0.25) is 9.46 Å². The fourth-order valence-corrected chi connectivity index (χ4v) is 2.25. The van der Waals surface area contributed by atoms with E-state index in [0.29, 0.717) is 0 Å². The second-order valence-corrected chi connectivity index (χ2v) is 5.48. The van der Waals surface area contributed by atoms with E-state index in [1.165, 1.54) is 7.11 Å². The Hall–Kier alpha value is -1.32. The zero-order chi connectivity index (χ0) is 12.8. The predicted octanol–water partition coefficient (Wildman–Crippen LogP) is 2.63. The number of rotatable bonds is 5. The van der Waals surface area contributed by atoms with E-state index in [-0.39, 0.29) is 6.54 Å². The highest BCUT2D eigenvalue weighted by atomic mass is 31.1. The van der Waals surface area contributed by atoms with Crippen LogP contribution in [0.15, 0.2) is 30.3 Å². The van der Waals surface area contributed by atoms with Gasteiger partial charge in [0.1, 0.15) is 5.78 Å². The Labute approximate surface area is 101 Å². The van der Waals surface area contributed by atoms with Gasteiger partial charge in [0, 0.05) is 13.7 Å². The topological polar surface area (TPSA) is 66.8 Å². The average Bonchev–Trinajstić information content (AvgIpc) is 2.35. The Bertz CT molecular complexity index is 396. The molecular weight excluding hydrogens is 241 g/mol. The van der Waals surface area contributed by atoms with E-state index in [9.17, 15) is 9.36 Å². The van der Waals surface area contributed by atoms with Crippen molar-refractivity contribution in [2.45, 2.75) is 19.3 Å². The molecule has 0 saturated heterocycles. The summed E-state index contributed by atoms with van der Waals surface area (Å²) in [6.45, 7) is 1.79. The third-order valence-corrected chi connectivity index (χ3v) is 3.85. The molecule has 1 unspecified atom stereocenters. The molecule has 0 radical (unpaired) electrons. The molecule has 1 aromatic rings. The minimum Gasteiger partial charge on any atom is -0.465 e. The molecule has 1 aromatic carbocycles. The van der Waals surface area contributed by atoms with Crippen LogP contribution in [0.25, 0.3) is 0 Å². The number of carbonyl (C=O) groups is 1. The second kappa shape index (κ2) is 6.42. The van der Waals surface area contributed by atoms with E-state index in [1.54, 1.807) is 6.92 Å². The number of nitrogens with zero attached hydrogens (tertiary/aromatic N) is 1. The highest BCUT2D eigenvalue weighted by molar-refractivity contribution is 7.39. The van der Waals surface area contributed by atoms with Gasteiger partial charge in [-0.2, -0.15) is 0 Å². The highest BCUT2D eigenvalue weighted by Gasteiger charge is 2.24. The van der Waals surface area contributed by atoms with Crippen LogP contribution >= 0.6 is 8.03 Å². The monoisotopic (exact) mass is 257 g/mol. The molecule has 1 amide bonds. The summed E-state index contributed by atoms with van der Waals surface area (Å²) in [5.74, 6) is -0.636. The number of hydrogen-bond donors (Lipinski definition) is 1. The zero-order valence-electron chi connectivity index (χ0n) is 9.79. The summed E-state index contributed by atoms with van der Waals surface area (Å²) >= 11 is 0. The van der Waals surface area contributed by atoms with Crippen LogP contribution in [-0.4, -0.2) is 29.0 Å². The molecule has 0 aliphatic rings. The SMILES string of the molecule is CO[PH](=O)[C@H](C)N(Cc1ccccc1)C(=O)O. The van der Waals surface area contributed by atoms with E-state index in [4.69, 9.17) is 9.63 Å². The second-order valence-electron chi connectivity index (χ2n) is 3.60. The van der Waals surface area contributed by atoms with E-state index in [2.05, 4.69) is 0 Å². The minimum absolute atomic E-state index is 0.205. The quantitative estimate of drug-likeness (QED) is 0.823. The van der Waals surface area contributed by atoms with Gasteiger partial charge in [-0.1, -0.05) is 30.3 Å². The van der Waals surface area contributed by atoms with Gasteiger partial charge in [0.25, 0.3) is 0 Å². The van der Waals surface area contributed by atoms with Gasteiger partial charge < -0.3 is 9.63 Å². The van der Waals surface area contributed by atoms with Crippen LogP contribution in [0.4, 0.5) is 4.79 Å². The molecule has 0 spiro atoms. The van der Waals surface area contributed by atoms with Crippen LogP contribution in [-0.2, 0) is 15.6 Å². The molecule has 17 heavy (non-hydrogen) atoms. The number of carboxylic acid groups (broad SMARTS) is 1. The molecule has 5 nitrogen and oxygen atoms in total. The average molecular weight is 257 g/mol. The number of benzene rings is 1. The summed E-state index contributed by atoms with van der Waals surface area (Å²) in [6, 6.07) is 9.17. The third-order valence-electron chi connectivity index (χ3n) is 2.45. The molecule has 0 aliphatic carbocycles. The van der Waals surface area contributed by atoms with Crippen LogP contribution < -0.4 is 0 Å². The smallest absolute Gasteiger partial charge is 0.408 e. The van der Waals surface area contributed by atoms with Crippen LogP contribution in [0, 0.1) is 0 Å². The molecule has 0 aliphatic heterocycles. The van der Waals surface area contributed by atoms with E-state index in [0.717, 1.165) is 10.5 Å². The van der Waals surface area contributed by atoms with Crippen molar-refractivity contribution in [2.75, 3.05) is 7.11 Å². The maximum Gasteiger partial charge on any atom is 0.408 e. The highest BCUT2D eigenvalue weighted by Crippen LogP contribution is 2.31. The largest absolute Gasteiger partial charge is 0.465 e. The van der Waals surface area contributed by atoms with Crippen molar-refractivity contribution in [3.05, 3.63) is 35.9 Å². The molecule has 0 aromatic heterocycles. The predicted molar refractivity (Wildman–Crippen MR) is 65.5 cm³/mol. The maximum absolute atomic E-state index is 11.5. The van der Waals surface area contributed by atoms with Crippen molar-refractivity contribution in [1.29, 1.82) is 0 Å². The molecule has 0 bridgehead atoms. The van der Waals surface area contributed by atoms with Gasteiger partial charge >= 0.3 is 6.09 Å². The first-order valence-corrected chi connectivity index (χ1v) is 6.57. The van der Waals surface area contributed by atoms with Crippen molar-refractivity contribution in [3.8, 4) is 0 Å². The van der Waals surface area contributed by atoms with Gasteiger partial charge in [-0.25, -0.2) is 4.79 Å². The van der Waals surface area contributed by atoms with E-state index >= 15 is 0 Å². The van der Waals surface area contributed by atoms with Crippen molar-refractivity contribution < 1.29 is 19.0 Å². The Balaban J connectivity index is 2.81. The normalized spacial score (nSPS) is 14.0. The molecule has 0 heterocycles. The fraction of sp³-hybridized carbons (Fsp3) is 0.364. The first kappa shape index (κ1) is 13.7. The first-order valence-electron chi connectivity index (χ1n) is 5.17.